The molecule has 704 valence electrons. The number of carbonyl (C=O) groups excluding carboxylic acids is 10. The lowest BCUT2D eigenvalue weighted by Gasteiger charge is -2.46. The molecule has 0 bridgehead atoms. The lowest BCUT2D eigenvalue weighted by molar-refractivity contribution is -0.145. The molecule has 0 aliphatic carbocycles. The third-order valence-corrected chi connectivity index (χ3v) is 29.7. The Bertz CT molecular complexity index is 7100. The number of aromatic hydroxyl groups is 2. The summed E-state index contributed by atoms with van der Waals surface area (Å²) in [5, 5.41) is 45.2. The number of halogens is 2. The fraction of sp³-hybridized carbons (Fsp3) is 0.250. The van der Waals surface area contributed by atoms with Crippen molar-refractivity contribution in [1.82, 2.24) is 79.6 Å². The van der Waals surface area contributed by atoms with Crippen molar-refractivity contribution in [3.8, 4) is 66.4 Å². The van der Waals surface area contributed by atoms with Crippen LogP contribution in [0, 0.1) is 26.6 Å². The predicted octanol–water partition coefficient (Wildman–Crippen LogP) is 14.1. The molecule has 10 aliphatic heterocycles. The molecule has 9 aromatic carbocycles. The number of aryl methyl sites for hydroxylation is 3. The third kappa shape index (κ3) is 17.9. The minimum absolute atomic E-state index is 0.00638. The van der Waals surface area contributed by atoms with Crippen LogP contribution in [-0.2, 0) is 102 Å². The van der Waals surface area contributed by atoms with E-state index in [4.69, 9.17) is 11.6 Å². The molecule has 0 spiro atoms. The molecule has 5 N–H and O–H groups in total. The normalized spacial score (nSPS) is 16.7. The molecule has 28 nitrogen and oxygen atoms in total. The molecule has 0 saturated carbocycles. The van der Waals surface area contributed by atoms with Crippen LogP contribution in [0.25, 0.3) is 87.7 Å². The lowest BCUT2D eigenvalue weighted by Crippen LogP contribution is -2.62. The Labute approximate surface area is 809 Å². The molecule has 5 saturated heterocycles. The average Bonchev–Trinajstić information content (AvgIpc) is 1.58. The van der Waals surface area contributed by atoms with E-state index in [1.165, 1.54) is 76.4 Å². The Morgan fingerprint density at radius 2 is 0.770 bits per heavy atom. The van der Waals surface area contributed by atoms with Crippen molar-refractivity contribution in [2.75, 3.05) is 65.4 Å². The fourth-order valence-corrected chi connectivity index (χ4v) is 21.7. The first-order valence-electron chi connectivity index (χ1n) is 46.0. The molecule has 0 unspecified atom stereocenters. The molecule has 10 aliphatic rings. The summed E-state index contributed by atoms with van der Waals surface area (Å²) in [5.41, 5.74) is 23.8. The molecule has 23 rings (SSSR count). The van der Waals surface area contributed by atoms with E-state index in [0.717, 1.165) is 120 Å². The Hall–Kier alpha value is -15.7. The average molecular weight is 1900 g/mol. The second kappa shape index (κ2) is 38.1. The number of aromatic nitrogens is 6. The first kappa shape index (κ1) is 92.4. The number of phenols is 2. The number of benzene rings is 9. The maximum atomic E-state index is 14.1. The van der Waals surface area contributed by atoms with Gasteiger partial charge in [0.25, 0.3) is 5.91 Å². The molecule has 10 amide bonds. The van der Waals surface area contributed by atoms with Crippen molar-refractivity contribution in [3.63, 3.8) is 0 Å². The summed E-state index contributed by atoms with van der Waals surface area (Å²) in [7, 11) is 0. The Morgan fingerprint density at radius 1 is 0.396 bits per heavy atom. The van der Waals surface area contributed by atoms with E-state index in [1.54, 1.807) is 71.1 Å². The van der Waals surface area contributed by atoms with Gasteiger partial charge in [-0.3, -0.25) is 63.2 Å². The number of nitrogens with one attached hydrogen (secondary N) is 3. The number of hydrogen-bond donors (Lipinski definition) is 5. The lowest BCUT2D eigenvalue weighted by atomic mass is 9.90. The number of hydrogen-bond acceptors (Lipinski definition) is 16. The first-order valence-corrected chi connectivity index (χ1v) is 47.2. The van der Waals surface area contributed by atoms with Gasteiger partial charge in [-0.2, -0.15) is 15.3 Å². The molecule has 0 radical (unpaired) electrons. The van der Waals surface area contributed by atoms with Crippen LogP contribution in [0.2, 0.25) is 5.02 Å². The van der Waals surface area contributed by atoms with Crippen molar-refractivity contribution in [2.24, 2.45) is 0 Å². The van der Waals surface area contributed by atoms with E-state index in [0.29, 0.717) is 128 Å². The number of fused-ring (bicyclic) bond motifs is 8. The molecular weight excluding hydrogens is 1800 g/mol. The third-order valence-electron chi connectivity index (χ3n) is 28.3. The van der Waals surface area contributed by atoms with Crippen LogP contribution in [0.1, 0.15) is 76.4 Å². The number of amides is 10. The van der Waals surface area contributed by atoms with Crippen molar-refractivity contribution in [3.05, 3.63) is 316 Å². The predicted molar refractivity (Wildman–Crippen MR) is 528 cm³/mol. The van der Waals surface area contributed by atoms with Crippen molar-refractivity contribution >= 4 is 115 Å². The Kier molecular flexibility index (Phi) is 25.3. The molecular formula is C108H100ClFN16O12S. The van der Waals surface area contributed by atoms with Crippen LogP contribution >= 0.6 is 22.9 Å². The van der Waals surface area contributed by atoms with Gasteiger partial charge in [-0.05, 0) is 189 Å². The molecule has 13 aromatic rings. The van der Waals surface area contributed by atoms with Gasteiger partial charge in [0.15, 0.2) is 0 Å². The second-order valence-electron chi connectivity index (χ2n) is 36.7. The highest BCUT2D eigenvalue weighted by Gasteiger charge is 2.45. The van der Waals surface area contributed by atoms with Gasteiger partial charge in [-0.15, -0.1) is 11.3 Å². The van der Waals surface area contributed by atoms with E-state index < -0.39 is 5.82 Å². The summed E-state index contributed by atoms with van der Waals surface area (Å²) < 4.78 is 14.1. The largest absolute Gasteiger partial charge is 0.508 e. The maximum Gasteiger partial charge on any atom is 0.255 e. The van der Waals surface area contributed by atoms with Gasteiger partial charge in [-0.1, -0.05) is 148 Å². The van der Waals surface area contributed by atoms with Gasteiger partial charge >= 0.3 is 0 Å². The highest BCUT2D eigenvalue weighted by Crippen LogP contribution is 2.45. The molecule has 14 heterocycles. The standard InChI is InChI=1S/2C23H22N4O2.C21H19ClN2O3.C21H19FN2O3.C20H18N4O2S/c1-3-21(28)26-12-18(13-26)27-11-16-6-5-15(8-17(16)9-22(27)29)23-14(2)4-7-20-19(23)10-24-25-20;1-3-20(28)26-12-19(13-26)27-11-17-7-6-15(8-18(17)9-21(27)29)22-14(2)4-5-16-10-24-25-23(16)22;1-2-20(26)23-11-16(12-23)24-10-14-4-3-13(7-15(14)8-21(24)27)18-9-17(25)5-6-19(18)22;1-2-19(26)23-11-16(12-23)24-10-14-7-6-13(8-15(14)9-20(24)27)21-17(22)4-3-5-18(21)25;1-3-18(25)23-8-12(9-23)24-10-17-13(20(24)26)6-16(27-17)19-11(2)4-5-15-14(19)7-21-22-15/h3-8,10,18H,1,9,11-13H2,2H3,(H,24,25);3-8,10,19H,1,9,11-13H2,2H3,(H,24,25);2-7,9,16,25H,1,8,10-12H2;2-8,16,25H,1,9-12H2;3-7,12H,1,8-10H2,2H3,(H,21,22). The quantitative estimate of drug-likeness (QED) is 0.0596. The molecule has 0 atom stereocenters. The number of thiophene rings is 1. The van der Waals surface area contributed by atoms with E-state index in [9.17, 15) is 62.5 Å². The minimum atomic E-state index is -0.500. The number of likely N-dealkylation sites (tertiary alicyclic amines) is 5. The number of rotatable bonds is 15. The summed E-state index contributed by atoms with van der Waals surface area (Å²) in [6, 6.07) is 48.0. The van der Waals surface area contributed by atoms with Gasteiger partial charge in [0.05, 0.1) is 109 Å². The number of H-pyrrole nitrogens is 3. The van der Waals surface area contributed by atoms with Crippen molar-refractivity contribution in [2.45, 2.75) is 109 Å². The van der Waals surface area contributed by atoms with Gasteiger partial charge < -0.3 is 59.2 Å². The van der Waals surface area contributed by atoms with Crippen LogP contribution in [0.4, 0.5) is 4.39 Å². The molecule has 139 heavy (non-hydrogen) atoms. The van der Waals surface area contributed by atoms with Gasteiger partial charge in [0, 0.05) is 139 Å². The summed E-state index contributed by atoms with van der Waals surface area (Å²) in [4.78, 5) is 142. The highest BCUT2D eigenvalue weighted by atomic mass is 35.5. The Morgan fingerprint density at radius 3 is 1.19 bits per heavy atom. The van der Waals surface area contributed by atoms with E-state index >= 15 is 0 Å². The fourth-order valence-electron chi connectivity index (χ4n) is 20.2. The monoisotopic (exact) mass is 1900 g/mol. The van der Waals surface area contributed by atoms with E-state index in [2.05, 4.69) is 145 Å². The minimum Gasteiger partial charge on any atom is -0.508 e. The van der Waals surface area contributed by atoms with E-state index in [1.807, 2.05) is 80.7 Å². The molecule has 5 fully saturated rings. The van der Waals surface area contributed by atoms with Crippen LogP contribution in [0.5, 0.6) is 11.5 Å². The van der Waals surface area contributed by atoms with Gasteiger partial charge in [0.2, 0.25) is 53.2 Å². The first-order chi connectivity index (χ1) is 67.1. The topological polar surface area (TPSA) is 330 Å². The molecule has 31 heteroatoms. The van der Waals surface area contributed by atoms with Crippen molar-refractivity contribution < 1.29 is 62.5 Å². The van der Waals surface area contributed by atoms with Gasteiger partial charge in [-0.25, -0.2) is 4.39 Å². The Balaban J connectivity index is 0.000000111. The summed E-state index contributed by atoms with van der Waals surface area (Å²) in [6.07, 6.45) is 13.4. The van der Waals surface area contributed by atoms with Crippen LogP contribution < -0.4 is 0 Å². The smallest absolute Gasteiger partial charge is 0.255 e. The molecule has 4 aromatic heterocycles. The SMILES string of the molecule is C=CC(=O)N1CC(N2Cc3ccc(-c4c(C)ccc5[nH]ncc45)cc3CC2=O)C1.C=CC(=O)N1CC(N2Cc3ccc(-c4c(C)ccc5cn[nH]c45)cc3CC2=O)C1.C=CC(=O)N1CC(N2Cc3ccc(-c4c(O)cccc4F)cc3CC2=O)C1.C=CC(=O)N1CC(N2Cc3ccc(-c4cc(O)ccc4Cl)cc3CC2=O)C1.C=CC(=O)N1CC(N2Cc3sc(-c4c(C)ccc5[nH]ncc45)cc3C2=O)C1. The zero-order valence-corrected chi connectivity index (χ0v) is 78.4. The zero-order valence-electron chi connectivity index (χ0n) is 76.9. The van der Waals surface area contributed by atoms with E-state index in [-0.39, 0.29) is 113 Å². The highest BCUT2D eigenvalue weighted by molar-refractivity contribution is 7.16. The zero-order chi connectivity index (χ0) is 97.2. The number of nitrogens with zero attached hydrogens (tertiary/aromatic N) is 13. The van der Waals surface area contributed by atoms with Crippen LogP contribution in [0.15, 0.2) is 234 Å². The van der Waals surface area contributed by atoms with Crippen LogP contribution in [-0.4, -0.2) is 245 Å². The number of aromatic amines is 3. The van der Waals surface area contributed by atoms with Crippen molar-refractivity contribution in [1.29, 1.82) is 0 Å². The summed E-state index contributed by atoms with van der Waals surface area (Å²) in [6.45, 7) is 32.3. The number of phenolic OH excluding ortho intramolecular Hbond substituents is 2. The van der Waals surface area contributed by atoms with Gasteiger partial charge in [0.1, 0.15) is 17.3 Å². The summed E-state index contributed by atoms with van der Waals surface area (Å²) in [5.74, 6) is -0.513. The summed E-state index contributed by atoms with van der Waals surface area (Å²) >= 11 is 7.94. The number of carbonyl (C=O) groups is 10. The van der Waals surface area contributed by atoms with Crippen LogP contribution in [0.3, 0.4) is 0 Å². The maximum absolute atomic E-state index is 14.1. The second-order valence-corrected chi connectivity index (χ2v) is 38.2.